The van der Waals surface area contributed by atoms with Crippen molar-refractivity contribution in [3.63, 3.8) is 0 Å². The molecule has 1 fully saturated rings. The first-order valence-corrected chi connectivity index (χ1v) is 7.40. The minimum atomic E-state index is -0.337. The minimum Gasteiger partial charge on any atom is -0.392 e. The molecule has 0 aromatic rings. The lowest BCUT2D eigenvalue weighted by molar-refractivity contribution is -0.137. The van der Waals surface area contributed by atoms with E-state index in [0.717, 1.165) is 19.4 Å². The summed E-state index contributed by atoms with van der Waals surface area (Å²) in [5, 5.41) is 12.4. The van der Waals surface area contributed by atoms with Crippen LogP contribution < -0.4 is 5.32 Å². The van der Waals surface area contributed by atoms with Gasteiger partial charge in [-0.05, 0) is 40.2 Å². The van der Waals surface area contributed by atoms with Gasteiger partial charge in [0.2, 0.25) is 11.8 Å². The molecule has 0 aromatic heterocycles. The molecule has 0 aromatic carbocycles. The maximum Gasteiger partial charge on any atom is 0.239 e. The molecule has 0 saturated carbocycles. The third kappa shape index (κ3) is 5.88. The normalized spacial score (nSPS) is 19.9. The molecule has 0 unspecified atom stereocenters. The summed E-state index contributed by atoms with van der Waals surface area (Å²) >= 11 is 0. The molecule has 6 heteroatoms. The Labute approximate surface area is 121 Å². The van der Waals surface area contributed by atoms with Crippen molar-refractivity contribution in [3.05, 3.63) is 0 Å². The number of aliphatic hydroxyl groups excluding tert-OH is 1. The van der Waals surface area contributed by atoms with Crippen LogP contribution in [-0.4, -0.2) is 71.6 Å². The van der Waals surface area contributed by atoms with E-state index in [1.807, 2.05) is 25.7 Å². The Balaban J connectivity index is 2.43. The molecule has 1 heterocycles. The van der Waals surface area contributed by atoms with E-state index in [1.54, 1.807) is 4.90 Å². The summed E-state index contributed by atoms with van der Waals surface area (Å²) in [5.74, 6) is -0.186. The van der Waals surface area contributed by atoms with Gasteiger partial charge in [0.1, 0.15) is 0 Å². The predicted octanol–water partition coefficient (Wildman–Crippen LogP) is -0.184. The molecule has 1 saturated heterocycles. The van der Waals surface area contributed by atoms with Crippen molar-refractivity contribution < 1.29 is 14.7 Å². The van der Waals surface area contributed by atoms with Crippen molar-refractivity contribution in [2.45, 2.75) is 45.8 Å². The molecule has 20 heavy (non-hydrogen) atoms. The van der Waals surface area contributed by atoms with E-state index in [0.29, 0.717) is 13.1 Å². The van der Waals surface area contributed by atoms with E-state index >= 15 is 0 Å². The van der Waals surface area contributed by atoms with E-state index in [4.69, 9.17) is 0 Å². The lowest BCUT2D eigenvalue weighted by Gasteiger charge is -2.31. The van der Waals surface area contributed by atoms with Crippen LogP contribution in [0.2, 0.25) is 0 Å². The zero-order valence-electron chi connectivity index (χ0n) is 12.8. The van der Waals surface area contributed by atoms with Crippen LogP contribution >= 0.6 is 0 Å². The highest BCUT2D eigenvalue weighted by molar-refractivity contribution is 5.85. The number of hydrogen-bond donors (Lipinski definition) is 2. The Morgan fingerprint density at radius 1 is 1.45 bits per heavy atom. The van der Waals surface area contributed by atoms with Crippen LogP contribution in [0.25, 0.3) is 0 Å². The number of nitrogens with zero attached hydrogens (tertiary/aromatic N) is 2. The smallest absolute Gasteiger partial charge is 0.239 e. The third-order valence-corrected chi connectivity index (χ3v) is 3.36. The second kappa shape index (κ2) is 8.21. The topological polar surface area (TPSA) is 72.9 Å². The summed E-state index contributed by atoms with van der Waals surface area (Å²) < 4.78 is 0. The van der Waals surface area contributed by atoms with E-state index in [2.05, 4.69) is 5.32 Å². The number of nitrogens with one attached hydrogen (secondary N) is 1. The van der Waals surface area contributed by atoms with Gasteiger partial charge in [-0.2, -0.15) is 0 Å². The third-order valence-electron chi connectivity index (χ3n) is 3.36. The summed E-state index contributed by atoms with van der Waals surface area (Å²) in [5.41, 5.74) is 0. The molecule has 2 N–H and O–H groups in total. The highest BCUT2D eigenvalue weighted by atomic mass is 16.3. The van der Waals surface area contributed by atoms with E-state index in [1.165, 1.54) is 0 Å². The second-order valence-electron chi connectivity index (χ2n) is 5.66. The van der Waals surface area contributed by atoms with E-state index in [-0.39, 0.29) is 37.0 Å². The van der Waals surface area contributed by atoms with Gasteiger partial charge >= 0.3 is 0 Å². The molecule has 1 rings (SSSR count). The Morgan fingerprint density at radius 2 is 2.15 bits per heavy atom. The summed E-state index contributed by atoms with van der Waals surface area (Å²) in [6.45, 7) is 7.92. The average Bonchev–Trinajstić information content (AvgIpc) is 2.34. The Hall–Kier alpha value is -1.14. The van der Waals surface area contributed by atoms with Gasteiger partial charge in [-0.1, -0.05) is 0 Å². The van der Waals surface area contributed by atoms with Gasteiger partial charge in [0.25, 0.3) is 0 Å². The fourth-order valence-electron chi connectivity index (χ4n) is 2.38. The Kier molecular flexibility index (Phi) is 6.95. The first kappa shape index (κ1) is 16.9. The van der Waals surface area contributed by atoms with Gasteiger partial charge < -0.3 is 15.3 Å². The average molecular weight is 285 g/mol. The number of likely N-dealkylation sites (N-methyl/N-ethyl adjacent to an activating group) is 1. The maximum absolute atomic E-state index is 12.2. The van der Waals surface area contributed by atoms with Gasteiger partial charge in [0.15, 0.2) is 0 Å². The number of rotatable bonds is 6. The Bertz CT molecular complexity index is 334. The fraction of sp³-hybridized carbons (Fsp3) is 0.857. The van der Waals surface area contributed by atoms with Gasteiger partial charge in [0, 0.05) is 19.1 Å². The van der Waals surface area contributed by atoms with Gasteiger partial charge in [-0.15, -0.1) is 0 Å². The lowest BCUT2D eigenvalue weighted by Crippen LogP contribution is -2.48. The van der Waals surface area contributed by atoms with Gasteiger partial charge in [0.05, 0.1) is 19.2 Å². The Morgan fingerprint density at radius 3 is 2.70 bits per heavy atom. The first-order valence-electron chi connectivity index (χ1n) is 7.40. The number of likely N-dealkylation sites (tertiary alicyclic amines) is 1. The first-order chi connectivity index (χ1) is 9.42. The van der Waals surface area contributed by atoms with Crippen molar-refractivity contribution in [2.75, 3.05) is 32.7 Å². The highest BCUT2D eigenvalue weighted by Gasteiger charge is 2.23. The zero-order chi connectivity index (χ0) is 15.1. The van der Waals surface area contributed by atoms with Crippen LogP contribution in [0.5, 0.6) is 0 Å². The summed E-state index contributed by atoms with van der Waals surface area (Å²) in [6.07, 6.45) is 1.38. The summed E-state index contributed by atoms with van der Waals surface area (Å²) in [7, 11) is 0. The van der Waals surface area contributed by atoms with Crippen molar-refractivity contribution in [1.29, 1.82) is 0 Å². The predicted molar refractivity (Wildman–Crippen MR) is 77.2 cm³/mol. The maximum atomic E-state index is 12.2. The summed E-state index contributed by atoms with van der Waals surface area (Å²) in [4.78, 5) is 27.4. The SMILES string of the molecule is CCN(CC(=O)NC(C)C)C(=O)CN1CCC[C@H](O)C1. The number of β-amino-alcohol motifs (C(OH)–C–C–N with tert-alkyl or cyclic N) is 1. The number of amides is 2. The molecule has 6 nitrogen and oxygen atoms in total. The van der Waals surface area contributed by atoms with Crippen LogP contribution in [0.1, 0.15) is 33.6 Å². The molecule has 1 aliphatic rings. The van der Waals surface area contributed by atoms with Crippen LogP contribution in [0.4, 0.5) is 0 Å². The quantitative estimate of drug-likeness (QED) is 0.710. The van der Waals surface area contributed by atoms with Gasteiger partial charge in [-0.3, -0.25) is 14.5 Å². The van der Waals surface area contributed by atoms with Crippen molar-refractivity contribution in [2.24, 2.45) is 0 Å². The molecule has 0 bridgehead atoms. The molecule has 2 amide bonds. The molecular formula is C14H27N3O3. The number of carbonyl (C=O) groups excluding carboxylic acids is 2. The van der Waals surface area contributed by atoms with Crippen molar-refractivity contribution in [1.82, 2.24) is 15.1 Å². The molecule has 0 radical (unpaired) electrons. The van der Waals surface area contributed by atoms with Crippen LogP contribution in [0, 0.1) is 0 Å². The second-order valence-corrected chi connectivity index (χ2v) is 5.66. The number of piperidine rings is 1. The largest absolute Gasteiger partial charge is 0.392 e. The molecule has 1 atom stereocenters. The van der Waals surface area contributed by atoms with Crippen molar-refractivity contribution >= 4 is 11.8 Å². The molecular weight excluding hydrogens is 258 g/mol. The monoisotopic (exact) mass is 285 g/mol. The van der Waals surface area contributed by atoms with E-state index < -0.39 is 0 Å². The van der Waals surface area contributed by atoms with Crippen LogP contribution in [0.3, 0.4) is 0 Å². The fourth-order valence-corrected chi connectivity index (χ4v) is 2.38. The minimum absolute atomic E-state index is 0.0551. The van der Waals surface area contributed by atoms with Crippen molar-refractivity contribution in [3.8, 4) is 0 Å². The standard InChI is InChI=1S/C14H27N3O3/c1-4-17(9-13(19)15-11(2)3)14(20)10-16-7-5-6-12(18)8-16/h11-12,18H,4-10H2,1-3H3,(H,15,19)/t12-/m0/s1. The highest BCUT2D eigenvalue weighted by Crippen LogP contribution is 2.09. The number of carbonyl (C=O) groups is 2. The molecule has 0 spiro atoms. The van der Waals surface area contributed by atoms with E-state index in [9.17, 15) is 14.7 Å². The molecule has 1 aliphatic heterocycles. The van der Waals surface area contributed by atoms with Crippen LogP contribution in [0.15, 0.2) is 0 Å². The van der Waals surface area contributed by atoms with Crippen LogP contribution in [-0.2, 0) is 9.59 Å². The molecule has 116 valence electrons. The van der Waals surface area contributed by atoms with Gasteiger partial charge in [-0.25, -0.2) is 0 Å². The zero-order valence-corrected chi connectivity index (χ0v) is 12.8. The number of hydrogen-bond acceptors (Lipinski definition) is 4. The lowest BCUT2D eigenvalue weighted by atomic mass is 10.1. The summed E-state index contributed by atoms with van der Waals surface area (Å²) in [6, 6.07) is 0.0774. The number of aliphatic hydroxyl groups is 1. The molecule has 0 aliphatic carbocycles.